The summed E-state index contributed by atoms with van der Waals surface area (Å²) in [4.78, 5) is 0. The first-order valence-electron chi connectivity index (χ1n) is 9.37. The number of ether oxygens (including phenoxy) is 1. The average molecular weight is 338 g/mol. The van der Waals surface area contributed by atoms with Gasteiger partial charge in [0, 0.05) is 13.7 Å². The van der Waals surface area contributed by atoms with Gasteiger partial charge in [0.1, 0.15) is 0 Å². The second kappa shape index (κ2) is 6.93. The van der Waals surface area contributed by atoms with Gasteiger partial charge in [0.2, 0.25) is 0 Å². The molecule has 134 valence electrons. The number of likely N-dealkylation sites (N-methyl/N-ethyl adjacent to an activating group) is 1. The maximum absolute atomic E-state index is 5.76. The van der Waals surface area contributed by atoms with Gasteiger partial charge in [-0.1, -0.05) is 64.1 Å². The van der Waals surface area contributed by atoms with E-state index in [9.17, 15) is 0 Å². The average Bonchev–Trinajstić information content (AvgIpc) is 2.85. The molecule has 2 aromatic rings. The van der Waals surface area contributed by atoms with E-state index in [1.54, 1.807) is 0 Å². The second-order valence-corrected chi connectivity index (χ2v) is 7.96. The summed E-state index contributed by atoms with van der Waals surface area (Å²) in [6, 6.07) is 14.0. The predicted octanol–water partition coefficient (Wildman–Crippen LogP) is 5.07. The molecule has 2 aromatic carbocycles. The molecule has 1 aliphatic carbocycles. The van der Waals surface area contributed by atoms with Gasteiger partial charge in [0.05, 0.1) is 12.0 Å². The molecule has 2 heteroatoms. The van der Waals surface area contributed by atoms with E-state index in [-0.39, 0.29) is 5.41 Å². The molecule has 1 aliphatic rings. The standard InChI is InChI=1S/C23H31NO/c1-15(2)17-7-9-19-20-10-8-18(16(3)4)12-22(20)23(13-24-5,14-25-6)21(19)11-17/h7-12,15-16,24H,13-14H2,1-6H3. The Labute approximate surface area is 152 Å². The maximum atomic E-state index is 5.76. The summed E-state index contributed by atoms with van der Waals surface area (Å²) in [5.74, 6) is 1.05. The molecule has 0 radical (unpaired) electrons. The van der Waals surface area contributed by atoms with Crippen molar-refractivity contribution in [1.82, 2.24) is 5.32 Å². The molecule has 0 unspecified atom stereocenters. The highest BCUT2D eigenvalue weighted by Gasteiger charge is 2.43. The van der Waals surface area contributed by atoms with Crippen LogP contribution in [0.5, 0.6) is 0 Å². The molecule has 0 fully saturated rings. The lowest BCUT2D eigenvalue weighted by molar-refractivity contribution is 0.149. The number of nitrogens with one attached hydrogen (secondary N) is 1. The molecule has 0 saturated carbocycles. The van der Waals surface area contributed by atoms with Gasteiger partial charge in [-0.05, 0) is 52.3 Å². The summed E-state index contributed by atoms with van der Waals surface area (Å²) in [7, 11) is 3.85. The topological polar surface area (TPSA) is 21.3 Å². The first-order chi connectivity index (χ1) is 11.9. The zero-order valence-electron chi connectivity index (χ0n) is 16.4. The van der Waals surface area contributed by atoms with Gasteiger partial charge in [-0.2, -0.15) is 0 Å². The molecule has 0 saturated heterocycles. The first-order valence-corrected chi connectivity index (χ1v) is 9.37. The molecule has 0 amide bonds. The molecule has 0 bridgehead atoms. The largest absolute Gasteiger partial charge is 0.383 e. The number of fused-ring (bicyclic) bond motifs is 3. The minimum Gasteiger partial charge on any atom is -0.383 e. The van der Waals surface area contributed by atoms with E-state index in [1.165, 1.54) is 33.4 Å². The van der Waals surface area contributed by atoms with Crippen molar-refractivity contribution >= 4 is 0 Å². The van der Waals surface area contributed by atoms with E-state index in [0.717, 1.165) is 6.54 Å². The van der Waals surface area contributed by atoms with Gasteiger partial charge in [-0.25, -0.2) is 0 Å². The normalized spacial score (nSPS) is 14.9. The fourth-order valence-electron chi connectivity index (χ4n) is 4.19. The van der Waals surface area contributed by atoms with E-state index >= 15 is 0 Å². The minimum absolute atomic E-state index is 0.121. The quantitative estimate of drug-likeness (QED) is 0.795. The molecule has 2 nitrogen and oxygen atoms in total. The molecule has 0 aliphatic heterocycles. The molecule has 1 N–H and O–H groups in total. The maximum Gasteiger partial charge on any atom is 0.0612 e. The molecule has 25 heavy (non-hydrogen) atoms. The van der Waals surface area contributed by atoms with Crippen LogP contribution in [0.3, 0.4) is 0 Å². The first kappa shape index (κ1) is 18.2. The number of methoxy groups -OCH3 is 1. The summed E-state index contributed by atoms with van der Waals surface area (Å²) < 4.78 is 5.76. The van der Waals surface area contributed by atoms with Crippen LogP contribution in [-0.2, 0) is 10.2 Å². The van der Waals surface area contributed by atoms with Crippen molar-refractivity contribution in [3.05, 3.63) is 58.7 Å². The van der Waals surface area contributed by atoms with Gasteiger partial charge in [0.15, 0.2) is 0 Å². The van der Waals surface area contributed by atoms with Crippen molar-refractivity contribution in [3.63, 3.8) is 0 Å². The van der Waals surface area contributed by atoms with Crippen molar-refractivity contribution in [3.8, 4) is 11.1 Å². The van der Waals surface area contributed by atoms with Crippen LogP contribution in [0.1, 0.15) is 61.8 Å². The number of hydrogen-bond donors (Lipinski definition) is 1. The summed E-state index contributed by atoms with van der Waals surface area (Å²) in [6.07, 6.45) is 0. The second-order valence-electron chi connectivity index (χ2n) is 7.96. The highest BCUT2D eigenvalue weighted by atomic mass is 16.5. The molecule has 0 atom stereocenters. The Balaban J connectivity index is 2.28. The third-order valence-corrected chi connectivity index (χ3v) is 5.61. The smallest absolute Gasteiger partial charge is 0.0612 e. The number of hydrogen-bond acceptors (Lipinski definition) is 2. The van der Waals surface area contributed by atoms with E-state index in [1.807, 2.05) is 14.2 Å². The molecule has 0 aromatic heterocycles. The van der Waals surface area contributed by atoms with E-state index < -0.39 is 0 Å². The molecular formula is C23H31NO. The van der Waals surface area contributed by atoms with E-state index in [0.29, 0.717) is 18.4 Å². The fraction of sp³-hybridized carbons (Fsp3) is 0.478. The molecule has 0 spiro atoms. The minimum atomic E-state index is -0.121. The van der Waals surface area contributed by atoms with Gasteiger partial charge < -0.3 is 10.1 Å². The Hall–Kier alpha value is -1.64. The lowest BCUT2D eigenvalue weighted by Crippen LogP contribution is -2.40. The number of rotatable bonds is 6. The van der Waals surface area contributed by atoms with Crippen molar-refractivity contribution in [2.45, 2.75) is 44.9 Å². The summed E-state index contributed by atoms with van der Waals surface area (Å²) in [5, 5.41) is 3.43. The fourth-order valence-corrected chi connectivity index (χ4v) is 4.19. The summed E-state index contributed by atoms with van der Waals surface area (Å²) in [6.45, 7) is 10.6. The van der Waals surface area contributed by atoms with Gasteiger partial charge in [-0.3, -0.25) is 0 Å². The third kappa shape index (κ3) is 2.92. The lowest BCUT2D eigenvalue weighted by Gasteiger charge is -2.32. The van der Waals surface area contributed by atoms with Crippen LogP contribution in [0.4, 0.5) is 0 Å². The Morgan fingerprint density at radius 1 is 0.880 bits per heavy atom. The van der Waals surface area contributed by atoms with Gasteiger partial charge >= 0.3 is 0 Å². The Morgan fingerprint density at radius 2 is 1.36 bits per heavy atom. The third-order valence-electron chi connectivity index (χ3n) is 5.61. The van der Waals surface area contributed by atoms with E-state index in [4.69, 9.17) is 4.74 Å². The van der Waals surface area contributed by atoms with Gasteiger partial charge in [-0.15, -0.1) is 0 Å². The highest BCUT2D eigenvalue weighted by Crippen LogP contribution is 2.50. The van der Waals surface area contributed by atoms with Gasteiger partial charge in [0.25, 0.3) is 0 Å². The van der Waals surface area contributed by atoms with Crippen LogP contribution in [0, 0.1) is 0 Å². The molecule has 3 rings (SSSR count). The van der Waals surface area contributed by atoms with E-state index in [2.05, 4.69) is 69.4 Å². The van der Waals surface area contributed by atoms with Crippen molar-refractivity contribution in [2.75, 3.05) is 27.3 Å². The predicted molar refractivity (Wildman–Crippen MR) is 107 cm³/mol. The van der Waals surface area contributed by atoms with Crippen LogP contribution in [0.25, 0.3) is 11.1 Å². The summed E-state index contributed by atoms with van der Waals surface area (Å²) in [5.41, 5.74) is 8.21. The zero-order chi connectivity index (χ0) is 18.2. The highest BCUT2D eigenvalue weighted by molar-refractivity contribution is 5.82. The Morgan fingerprint density at radius 3 is 1.72 bits per heavy atom. The monoisotopic (exact) mass is 337 g/mol. The number of benzene rings is 2. The Kier molecular flexibility index (Phi) is 5.04. The zero-order valence-corrected chi connectivity index (χ0v) is 16.4. The van der Waals surface area contributed by atoms with Crippen LogP contribution >= 0.6 is 0 Å². The van der Waals surface area contributed by atoms with Crippen LogP contribution in [0.2, 0.25) is 0 Å². The Bertz CT molecular complexity index is 695. The van der Waals surface area contributed by atoms with Crippen molar-refractivity contribution in [1.29, 1.82) is 0 Å². The summed E-state index contributed by atoms with van der Waals surface area (Å²) >= 11 is 0. The molecular weight excluding hydrogens is 306 g/mol. The van der Waals surface area contributed by atoms with Crippen LogP contribution in [-0.4, -0.2) is 27.3 Å². The van der Waals surface area contributed by atoms with Crippen molar-refractivity contribution < 1.29 is 4.74 Å². The SMILES string of the molecule is CNCC1(COC)c2cc(C(C)C)ccc2-c2ccc(C(C)C)cc21. The van der Waals surface area contributed by atoms with Crippen LogP contribution in [0.15, 0.2) is 36.4 Å². The van der Waals surface area contributed by atoms with Crippen LogP contribution < -0.4 is 5.32 Å². The van der Waals surface area contributed by atoms with Crippen molar-refractivity contribution in [2.24, 2.45) is 0 Å². The lowest BCUT2D eigenvalue weighted by atomic mass is 9.77. The molecule has 0 heterocycles.